The molecule has 10 heteroatoms. The van der Waals surface area contributed by atoms with E-state index in [0.717, 1.165) is 74.5 Å². The lowest BCUT2D eigenvalue weighted by Crippen LogP contribution is -2.51. The monoisotopic (exact) mass is 630 g/mol. The first kappa shape index (κ1) is 30.7. The fourth-order valence-electron chi connectivity index (χ4n) is 8.39. The SMILES string of the molecule is COC(=O)c1ccc2c(c1)N(C[C@@H]1CC[C@H]1[C@@H](OC)[C@@H]1CCC[C@@H](S(N)(=O)=O)C1)C[C@@]1(CCCc3cc(Cl)ccc31)CO2. The van der Waals surface area contributed by atoms with Gasteiger partial charge >= 0.3 is 5.97 Å². The summed E-state index contributed by atoms with van der Waals surface area (Å²) in [6.45, 7) is 2.10. The molecule has 43 heavy (non-hydrogen) atoms. The van der Waals surface area contributed by atoms with E-state index < -0.39 is 15.3 Å². The molecule has 6 atom stereocenters. The van der Waals surface area contributed by atoms with Crippen LogP contribution >= 0.6 is 11.6 Å². The van der Waals surface area contributed by atoms with Crippen LogP contribution in [0.15, 0.2) is 36.4 Å². The molecule has 4 aliphatic rings. The lowest BCUT2D eigenvalue weighted by molar-refractivity contribution is -0.0588. The van der Waals surface area contributed by atoms with Gasteiger partial charge in [0.15, 0.2) is 0 Å². The van der Waals surface area contributed by atoms with Crippen molar-refractivity contribution >= 4 is 33.3 Å². The van der Waals surface area contributed by atoms with E-state index in [4.69, 9.17) is 31.0 Å². The lowest BCUT2D eigenvalue weighted by Gasteiger charge is -2.48. The van der Waals surface area contributed by atoms with Gasteiger partial charge in [0.05, 0.1) is 36.3 Å². The molecule has 1 spiro atoms. The normalized spacial score (nSPS) is 29.4. The Bertz CT molecular complexity index is 1470. The third-order valence-electron chi connectivity index (χ3n) is 10.7. The number of halogens is 1. The molecule has 0 bridgehead atoms. The van der Waals surface area contributed by atoms with Crippen LogP contribution < -0.4 is 14.8 Å². The molecule has 234 valence electrons. The highest BCUT2D eigenvalue weighted by molar-refractivity contribution is 7.89. The molecule has 2 N–H and O–H groups in total. The topological polar surface area (TPSA) is 108 Å². The highest BCUT2D eigenvalue weighted by atomic mass is 35.5. The number of nitrogens with zero attached hydrogens (tertiary/aromatic N) is 1. The van der Waals surface area contributed by atoms with Crippen molar-refractivity contribution in [2.24, 2.45) is 22.9 Å². The lowest BCUT2D eigenvalue weighted by atomic mass is 9.65. The summed E-state index contributed by atoms with van der Waals surface area (Å²) in [6, 6.07) is 11.8. The summed E-state index contributed by atoms with van der Waals surface area (Å²) in [7, 11) is -0.408. The summed E-state index contributed by atoms with van der Waals surface area (Å²) < 4.78 is 42.2. The number of sulfonamides is 1. The molecule has 0 amide bonds. The maximum absolute atomic E-state index is 12.6. The Morgan fingerprint density at radius 3 is 2.70 bits per heavy atom. The average molecular weight is 631 g/mol. The zero-order chi connectivity index (χ0) is 30.4. The molecule has 1 aliphatic heterocycles. The van der Waals surface area contributed by atoms with Gasteiger partial charge in [0.2, 0.25) is 10.0 Å². The number of fused-ring (bicyclic) bond motifs is 3. The summed E-state index contributed by atoms with van der Waals surface area (Å²) in [6.07, 6.45) is 8.15. The van der Waals surface area contributed by atoms with E-state index in [2.05, 4.69) is 17.0 Å². The van der Waals surface area contributed by atoms with E-state index in [1.54, 1.807) is 13.2 Å². The molecule has 8 nitrogen and oxygen atoms in total. The molecule has 0 aromatic heterocycles. The van der Waals surface area contributed by atoms with E-state index in [1.165, 1.54) is 18.2 Å². The number of methoxy groups -OCH3 is 2. The van der Waals surface area contributed by atoms with Gasteiger partial charge in [-0.3, -0.25) is 0 Å². The summed E-state index contributed by atoms with van der Waals surface area (Å²) >= 11 is 6.41. The number of hydrogen-bond donors (Lipinski definition) is 1. The predicted molar refractivity (Wildman–Crippen MR) is 167 cm³/mol. The largest absolute Gasteiger partial charge is 0.490 e. The smallest absolute Gasteiger partial charge is 0.337 e. The first-order valence-corrected chi connectivity index (χ1v) is 17.5. The van der Waals surface area contributed by atoms with Gasteiger partial charge in [-0.25, -0.2) is 18.4 Å². The Morgan fingerprint density at radius 2 is 1.98 bits per heavy atom. The summed E-state index contributed by atoms with van der Waals surface area (Å²) in [5, 5.41) is 5.84. The van der Waals surface area contributed by atoms with Crippen molar-refractivity contribution in [1.29, 1.82) is 0 Å². The van der Waals surface area contributed by atoms with E-state index in [9.17, 15) is 13.2 Å². The number of rotatable bonds is 7. The van der Waals surface area contributed by atoms with E-state index in [1.807, 2.05) is 18.2 Å². The number of anilines is 1. The van der Waals surface area contributed by atoms with E-state index in [0.29, 0.717) is 36.8 Å². The van der Waals surface area contributed by atoms with Gasteiger partial charge in [-0.05, 0) is 111 Å². The van der Waals surface area contributed by atoms with Crippen LogP contribution in [0.25, 0.3) is 0 Å². The van der Waals surface area contributed by atoms with Gasteiger partial charge in [-0.15, -0.1) is 0 Å². The van der Waals surface area contributed by atoms with Crippen LogP contribution in [0.2, 0.25) is 5.02 Å². The molecule has 2 aromatic carbocycles. The molecule has 1 heterocycles. The number of carbonyl (C=O) groups is 1. The molecule has 6 rings (SSSR count). The number of ether oxygens (including phenoxy) is 3. The Hall–Kier alpha value is -2.33. The zero-order valence-electron chi connectivity index (χ0n) is 25.1. The fraction of sp³-hybridized carbons (Fsp3) is 0.606. The van der Waals surface area contributed by atoms with Crippen LogP contribution in [-0.2, 0) is 31.3 Å². The first-order valence-electron chi connectivity index (χ1n) is 15.6. The van der Waals surface area contributed by atoms with Gasteiger partial charge in [0, 0.05) is 30.6 Å². The molecular formula is C33H43ClN2O6S. The van der Waals surface area contributed by atoms with Crippen molar-refractivity contribution in [3.8, 4) is 5.75 Å². The van der Waals surface area contributed by atoms with Gasteiger partial charge in [-0.1, -0.05) is 24.1 Å². The van der Waals surface area contributed by atoms with Crippen molar-refractivity contribution in [2.45, 2.75) is 74.6 Å². The minimum Gasteiger partial charge on any atom is -0.490 e. The number of primary sulfonamides is 1. The standard InChI is InChI=1S/C33H43ClN2O6S/c1-40-31(22-5-3-7-26(16-22)43(35,38)39)27-11-8-24(27)18-36-19-33(14-4-6-21-15-25(34)10-12-28(21)33)20-42-30-13-9-23(17-29(30)36)32(37)41-2/h9-10,12-13,15,17,22,24,26-27,31H,3-8,11,14,16,18-20H2,1-2H3,(H2,35,38,39)/t22-,24+,26-,27-,31+,33+/m1/s1. The third-order valence-corrected chi connectivity index (χ3v) is 12.3. The Kier molecular flexibility index (Phi) is 8.72. The number of benzene rings is 2. The molecule has 0 unspecified atom stereocenters. The van der Waals surface area contributed by atoms with Crippen LogP contribution in [0.4, 0.5) is 5.69 Å². The van der Waals surface area contributed by atoms with Crippen LogP contribution in [0.5, 0.6) is 5.75 Å². The van der Waals surface area contributed by atoms with Crippen LogP contribution in [-0.4, -0.2) is 59.7 Å². The van der Waals surface area contributed by atoms with Crippen LogP contribution in [0.1, 0.15) is 72.9 Å². The number of esters is 1. The zero-order valence-corrected chi connectivity index (χ0v) is 26.7. The van der Waals surface area contributed by atoms with Crippen molar-refractivity contribution in [2.75, 3.05) is 38.8 Å². The van der Waals surface area contributed by atoms with E-state index >= 15 is 0 Å². The average Bonchev–Trinajstić information content (AvgIpc) is 3.14. The molecule has 3 aliphatic carbocycles. The second-order valence-corrected chi connectivity index (χ2v) is 15.4. The molecule has 0 radical (unpaired) electrons. The fourth-order valence-corrected chi connectivity index (χ4v) is 9.60. The van der Waals surface area contributed by atoms with Crippen LogP contribution in [0, 0.1) is 17.8 Å². The molecule has 0 saturated heterocycles. The Labute approximate surface area is 260 Å². The summed E-state index contributed by atoms with van der Waals surface area (Å²) in [5.41, 5.74) is 3.77. The maximum Gasteiger partial charge on any atom is 0.337 e. The van der Waals surface area contributed by atoms with E-state index in [-0.39, 0.29) is 23.4 Å². The quantitative estimate of drug-likeness (QED) is 0.403. The van der Waals surface area contributed by atoms with Crippen molar-refractivity contribution < 1.29 is 27.4 Å². The molecule has 2 fully saturated rings. The summed E-state index contributed by atoms with van der Waals surface area (Å²) in [5.74, 6) is 1.24. The van der Waals surface area contributed by atoms with Gasteiger partial charge in [-0.2, -0.15) is 0 Å². The molecule has 2 aromatic rings. The van der Waals surface area contributed by atoms with Gasteiger partial charge in [0.25, 0.3) is 0 Å². The summed E-state index contributed by atoms with van der Waals surface area (Å²) in [4.78, 5) is 15.0. The minimum absolute atomic E-state index is 0.0149. The Balaban J connectivity index is 1.31. The number of hydrogen-bond acceptors (Lipinski definition) is 7. The van der Waals surface area contributed by atoms with Gasteiger partial charge < -0.3 is 19.1 Å². The predicted octanol–water partition coefficient (Wildman–Crippen LogP) is 5.49. The maximum atomic E-state index is 12.6. The Morgan fingerprint density at radius 1 is 1.14 bits per heavy atom. The molecule has 2 saturated carbocycles. The van der Waals surface area contributed by atoms with Crippen LogP contribution in [0.3, 0.4) is 0 Å². The minimum atomic E-state index is -3.57. The van der Waals surface area contributed by atoms with Crippen molar-refractivity contribution in [3.05, 3.63) is 58.1 Å². The number of aryl methyl sites for hydroxylation is 1. The number of carbonyl (C=O) groups excluding carboxylic acids is 1. The second-order valence-electron chi connectivity index (χ2n) is 13.1. The first-order chi connectivity index (χ1) is 20.6. The molecular weight excluding hydrogens is 588 g/mol. The highest BCUT2D eigenvalue weighted by Gasteiger charge is 2.46. The van der Waals surface area contributed by atoms with Gasteiger partial charge in [0.1, 0.15) is 5.75 Å². The highest BCUT2D eigenvalue weighted by Crippen LogP contribution is 2.48. The third kappa shape index (κ3) is 6.02. The van der Waals surface area contributed by atoms with Crippen molar-refractivity contribution in [1.82, 2.24) is 0 Å². The van der Waals surface area contributed by atoms with Crippen molar-refractivity contribution in [3.63, 3.8) is 0 Å². The number of nitrogens with two attached hydrogens (primary N) is 1. The second kappa shape index (κ2) is 12.2.